The summed E-state index contributed by atoms with van der Waals surface area (Å²) in [5.74, 6) is 0.216. The van der Waals surface area contributed by atoms with Crippen molar-refractivity contribution < 1.29 is 4.79 Å². The van der Waals surface area contributed by atoms with Crippen molar-refractivity contribution in [2.45, 2.75) is 33.6 Å². The van der Waals surface area contributed by atoms with Gasteiger partial charge in [0, 0.05) is 55.2 Å². The number of amides is 1. The zero-order valence-electron chi connectivity index (χ0n) is 20.2. The van der Waals surface area contributed by atoms with Gasteiger partial charge in [0.25, 0.3) is 0 Å². The number of carbonyl (C=O) groups is 1. The number of fused-ring (bicyclic) bond motifs is 1. The van der Waals surface area contributed by atoms with Crippen LogP contribution in [0.25, 0.3) is 16.8 Å². The summed E-state index contributed by atoms with van der Waals surface area (Å²) in [7, 11) is 0. The second-order valence-electron chi connectivity index (χ2n) is 9.03. The Kier molecular flexibility index (Phi) is 6.05. The van der Waals surface area contributed by atoms with E-state index in [4.69, 9.17) is 10.1 Å². The smallest absolute Gasteiger partial charge is 0.223 e. The minimum Gasteiger partial charge on any atom is -0.368 e. The van der Waals surface area contributed by atoms with Crippen molar-refractivity contribution in [1.29, 1.82) is 0 Å². The van der Waals surface area contributed by atoms with Gasteiger partial charge in [-0.2, -0.15) is 5.10 Å². The fourth-order valence-electron chi connectivity index (χ4n) is 5.02. The zero-order valence-corrected chi connectivity index (χ0v) is 20.2. The normalized spacial score (nSPS) is 14.1. The molecular formula is C28H31N5O. The summed E-state index contributed by atoms with van der Waals surface area (Å²) >= 11 is 0. The largest absolute Gasteiger partial charge is 0.368 e. The number of piperazine rings is 1. The summed E-state index contributed by atoms with van der Waals surface area (Å²) in [6.07, 6.45) is 1.17. The average Bonchev–Trinajstić information content (AvgIpc) is 3.20. The van der Waals surface area contributed by atoms with Crippen LogP contribution in [0.15, 0.2) is 60.7 Å². The highest BCUT2D eigenvalue weighted by Crippen LogP contribution is 2.29. The number of hydrogen-bond donors (Lipinski definition) is 0. The third-order valence-corrected chi connectivity index (χ3v) is 6.91. The summed E-state index contributed by atoms with van der Waals surface area (Å²) in [6.45, 7) is 9.43. The van der Waals surface area contributed by atoms with Gasteiger partial charge in [-0.15, -0.1) is 0 Å². The van der Waals surface area contributed by atoms with Gasteiger partial charge < -0.3 is 9.80 Å². The molecule has 174 valence electrons. The lowest BCUT2D eigenvalue weighted by atomic mass is 10.0. The number of anilines is 1. The van der Waals surface area contributed by atoms with Crippen LogP contribution in [0, 0.1) is 20.8 Å². The van der Waals surface area contributed by atoms with Crippen LogP contribution in [0.4, 0.5) is 5.69 Å². The number of aryl methyl sites for hydroxylation is 3. The number of carbonyl (C=O) groups excluding carboxylic acids is 1. The molecule has 0 radical (unpaired) electrons. The highest BCUT2D eigenvalue weighted by molar-refractivity contribution is 5.80. The Morgan fingerprint density at radius 1 is 0.853 bits per heavy atom. The van der Waals surface area contributed by atoms with E-state index < -0.39 is 0 Å². The second kappa shape index (κ2) is 9.29. The van der Waals surface area contributed by atoms with Gasteiger partial charge in [-0.05, 0) is 50.5 Å². The molecule has 6 nitrogen and oxygen atoms in total. The fraction of sp³-hybridized carbons (Fsp3) is 0.321. The van der Waals surface area contributed by atoms with Crippen LogP contribution in [-0.2, 0) is 11.2 Å². The molecule has 1 fully saturated rings. The third kappa shape index (κ3) is 4.16. The Morgan fingerprint density at radius 3 is 2.18 bits per heavy atom. The maximum absolute atomic E-state index is 13.0. The Labute approximate surface area is 200 Å². The number of para-hydroxylation sites is 1. The zero-order chi connectivity index (χ0) is 23.7. The molecule has 1 amide bonds. The molecule has 0 spiro atoms. The van der Waals surface area contributed by atoms with E-state index in [9.17, 15) is 4.79 Å². The van der Waals surface area contributed by atoms with E-state index in [1.165, 1.54) is 5.69 Å². The highest BCUT2D eigenvalue weighted by Gasteiger charge is 2.23. The molecule has 5 rings (SSSR count). The Hall–Kier alpha value is -3.67. The molecule has 0 aliphatic carbocycles. The van der Waals surface area contributed by atoms with Crippen LogP contribution < -0.4 is 4.90 Å². The van der Waals surface area contributed by atoms with Crippen molar-refractivity contribution in [2.75, 3.05) is 31.1 Å². The van der Waals surface area contributed by atoms with Crippen molar-refractivity contribution in [2.24, 2.45) is 0 Å². The molecule has 1 aliphatic heterocycles. The standard InChI is InChI=1S/C28H31N5O/c1-20-25(14-15-26(34)32-18-16-31(17-19-32)24-12-8-5-9-13-24)22(3)33-28(29-20)27(21(2)30-33)23-10-6-4-7-11-23/h4-13H,14-19H2,1-3H3. The van der Waals surface area contributed by atoms with Crippen molar-refractivity contribution in [3.63, 3.8) is 0 Å². The van der Waals surface area contributed by atoms with E-state index in [0.717, 1.165) is 65.6 Å². The van der Waals surface area contributed by atoms with E-state index in [-0.39, 0.29) is 5.91 Å². The quantitative estimate of drug-likeness (QED) is 0.443. The SMILES string of the molecule is Cc1nc2c(-c3ccccc3)c(C)nn2c(C)c1CCC(=O)N1CCN(c2ccccc2)CC1. The lowest BCUT2D eigenvalue weighted by molar-refractivity contribution is -0.131. The van der Waals surface area contributed by atoms with Gasteiger partial charge in [0.2, 0.25) is 5.91 Å². The molecule has 2 aromatic heterocycles. The molecule has 0 atom stereocenters. The van der Waals surface area contributed by atoms with Crippen LogP contribution in [0.1, 0.15) is 29.1 Å². The van der Waals surface area contributed by atoms with Crippen molar-refractivity contribution in [3.8, 4) is 11.1 Å². The summed E-state index contributed by atoms with van der Waals surface area (Å²) in [5, 5.41) is 4.80. The maximum atomic E-state index is 13.0. The average molecular weight is 454 g/mol. The predicted octanol–water partition coefficient (Wildman–Crippen LogP) is 4.60. The van der Waals surface area contributed by atoms with Crippen LogP contribution in [0.5, 0.6) is 0 Å². The highest BCUT2D eigenvalue weighted by atomic mass is 16.2. The van der Waals surface area contributed by atoms with Gasteiger partial charge in [0.1, 0.15) is 0 Å². The van der Waals surface area contributed by atoms with E-state index in [1.807, 2.05) is 47.5 Å². The van der Waals surface area contributed by atoms with Gasteiger partial charge in [-0.1, -0.05) is 48.5 Å². The van der Waals surface area contributed by atoms with Crippen molar-refractivity contribution >= 4 is 17.2 Å². The first-order chi connectivity index (χ1) is 16.5. The van der Waals surface area contributed by atoms with Crippen molar-refractivity contribution in [3.05, 3.63) is 83.3 Å². The molecule has 0 N–H and O–H groups in total. The molecule has 4 aromatic rings. The molecule has 0 bridgehead atoms. The Morgan fingerprint density at radius 2 is 1.50 bits per heavy atom. The van der Waals surface area contributed by atoms with Crippen LogP contribution in [0.3, 0.4) is 0 Å². The van der Waals surface area contributed by atoms with Gasteiger partial charge in [-0.3, -0.25) is 4.79 Å². The van der Waals surface area contributed by atoms with E-state index >= 15 is 0 Å². The number of aromatic nitrogens is 3. The molecule has 2 aromatic carbocycles. The lowest BCUT2D eigenvalue weighted by Crippen LogP contribution is -2.48. The summed E-state index contributed by atoms with van der Waals surface area (Å²) < 4.78 is 1.95. The van der Waals surface area contributed by atoms with E-state index in [1.54, 1.807) is 0 Å². The van der Waals surface area contributed by atoms with Crippen LogP contribution >= 0.6 is 0 Å². The minimum absolute atomic E-state index is 0.216. The molecule has 0 unspecified atom stereocenters. The summed E-state index contributed by atoms with van der Waals surface area (Å²) in [5.41, 5.74) is 8.43. The molecule has 0 saturated carbocycles. The first-order valence-electron chi connectivity index (χ1n) is 12.0. The molecule has 6 heteroatoms. The van der Waals surface area contributed by atoms with E-state index in [0.29, 0.717) is 12.8 Å². The first-order valence-corrected chi connectivity index (χ1v) is 12.0. The third-order valence-electron chi connectivity index (χ3n) is 6.91. The molecule has 3 heterocycles. The monoisotopic (exact) mass is 453 g/mol. The van der Waals surface area contributed by atoms with Crippen molar-refractivity contribution in [1.82, 2.24) is 19.5 Å². The van der Waals surface area contributed by atoms with Crippen LogP contribution in [0.2, 0.25) is 0 Å². The maximum Gasteiger partial charge on any atom is 0.223 e. The molecular weight excluding hydrogens is 422 g/mol. The number of nitrogens with zero attached hydrogens (tertiary/aromatic N) is 5. The van der Waals surface area contributed by atoms with Gasteiger partial charge in [-0.25, -0.2) is 9.50 Å². The fourth-order valence-corrected chi connectivity index (χ4v) is 5.02. The summed E-state index contributed by atoms with van der Waals surface area (Å²) in [4.78, 5) is 22.3. The second-order valence-corrected chi connectivity index (χ2v) is 9.03. The Balaban J connectivity index is 1.29. The molecule has 34 heavy (non-hydrogen) atoms. The molecule has 1 aliphatic rings. The van der Waals surface area contributed by atoms with Gasteiger partial charge >= 0.3 is 0 Å². The Bertz CT molecular complexity index is 1310. The number of hydrogen-bond acceptors (Lipinski definition) is 4. The minimum atomic E-state index is 0.216. The van der Waals surface area contributed by atoms with Crippen LogP contribution in [-0.4, -0.2) is 51.6 Å². The van der Waals surface area contributed by atoms with E-state index in [2.05, 4.69) is 48.2 Å². The van der Waals surface area contributed by atoms with Gasteiger partial charge in [0.15, 0.2) is 5.65 Å². The predicted molar refractivity (Wildman–Crippen MR) is 136 cm³/mol. The van der Waals surface area contributed by atoms with Gasteiger partial charge in [0.05, 0.1) is 5.69 Å². The first kappa shape index (κ1) is 22.1. The summed E-state index contributed by atoms with van der Waals surface area (Å²) in [6, 6.07) is 20.7. The number of benzene rings is 2. The number of rotatable bonds is 5. The molecule has 1 saturated heterocycles. The lowest BCUT2D eigenvalue weighted by Gasteiger charge is -2.36. The topological polar surface area (TPSA) is 53.7 Å².